The number of anilines is 1. The second-order valence-electron chi connectivity index (χ2n) is 8.59. The van der Waals surface area contributed by atoms with Crippen molar-refractivity contribution in [2.24, 2.45) is 5.92 Å². The molecule has 30 heavy (non-hydrogen) atoms. The molecule has 1 saturated heterocycles. The summed E-state index contributed by atoms with van der Waals surface area (Å²) in [6, 6.07) is 3.25. The average Bonchev–Trinajstić information content (AvgIpc) is 2.70. The van der Waals surface area contributed by atoms with Crippen LogP contribution in [0.1, 0.15) is 37.6 Å². The van der Waals surface area contributed by atoms with Crippen LogP contribution in [0.4, 0.5) is 10.5 Å². The zero-order valence-electron chi connectivity index (χ0n) is 18.0. The van der Waals surface area contributed by atoms with E-state index in [1.807, 2.05) is 0 Å². The van der Waals surface area contributed by atoms with Crippen molar-refractivity contribution in [2.75, 3.05) is 44.8 Å². The minimum absolute atomic E-state index is 0.0178. The van der Waals surface area contributed by atoms with Gasteiger partial charge < -0.3 is 30.0 Å². The van der Waals surface area contributed by atoms with Crippen LogP contribution in [0, 0.1) is 5.92 Å². The van der Waals surface area contributed by atoms with Gasteiger partial charge in [0.05, 0.1) is 17.4 Å². The van der Waals surface area contributed by atoms with E-state index in [4.69, 9.17) is 14.2 Å². The van der Waals surface area contributed by atoms with Crippen molar-refractivity contribution in [2.45, 2.75) is 38.9 Å². The molecule has 0 spiro atoms. The zero-order valence-corrected chi connectivity index (χ0v) is 18.0. The first kappa shape index (κ1) is 22.2. The van der Waals surface area contributed by atoms with E-state index in [1.54, 1.807) is 40.0 Å². The lowest BCUT2D eigenvalue weighted by atomic mass is 9.95. The Morgan fingerprint density at radius 1 is 1.30 bits per heavy atom. The monoisotopic (exact) mass is 421 g/mol. The molecule has 3 N–H and O–H groups in total. The molecule has 0 aromatic heterocycles. The fourth-order valence-corrected chi connectivity index (χ4v) is 3.39. The second kappa shape index (κ2) is 9.09. The molecule has 2 aliphatic heterocycles. The quantitative estimate of drug-likeness (QED) is 0.676. The Labute approximate surface area is 176 Å². The Balaban J connectivity index is 1.81. The Hall–Kier alpha value is -2.52. The molecule has 2 amide bonds. The number of carbonyl (C=O) groups is 2. The fraction of sp³-hybridized carbons (Fsp3) is 0.619. The highest BCUT2D eigenvalue weighted by atomic mass is 16.6. The maximum absolute atomic E-state index is 13.0. The number of piperidine rings is 1. The molecule has 0 aliphatic carbocycles. The molecule has 1 unspecified atom stereocenters. The van der Waals surface area contributed by atoms with Crippen LogP contribution in [0.15, 0.2) is 12.1 Å². The highest BCUT2D eigenvalue weighted by molar-refractivity contribution is 6.00. The standard InChI is InChI=1S/C21H31N3O6/c1-21(2,3)30-20(27)24(4)14-9-15(18-17(10-14)28-7-8-29-18)19(26)23-11-13-5-6-22-12-16(13)25/h9-10,13,16,22,25H,5-8,11-12H2,1-4H3,(H,23,26)/t13-,16?/m0/s1. The van der Waals surface area contributed by atoms with Gasteiger partial charge in [0, 0.05) is 32.1 Å². The molecule has 2 atom stereocenters. The summed E-state index contributed by atoms with van der Waals surface area (Å²) in [5.41, 5.74) is 0.0938. The molecule has 1 fully saturated rings. The molecule has 2 aliphatic rings. The number of amides is 2. The van der Waals surface area contributed by atoms with Crippen LogP contribution in [0.2, 0.25) is 0 Å². The van der Waals surface area contributed by atoms with Crippen molar-refractivity contribution in [3.8, 4) is 11.5 Å². The lowest BCUT2D eigenvalue weighted by Gasteiger charge is -2.29. The number of fused-ring (bicyclic) bond motifs is 1. The van der Waals surface area contributed by atoms with Crippen molar-refractivity contribution in [1.29, 1.82) is 0 Å². The molecule has 9 heteroatoms. The largest absolute Gasteiger partial charge is 0.486 e. The topological polar surface area (TPSA) is 109 Å². The van der Waals surface area contributed by atoms with Gasteiger partial charge in [-0.2, -0.15) is 0 Å². The number of aliphatic hydroxyl groups excluding tert-OH is 1. The highest BCUT2D eigenvalue weighted by Gasteiger charge is 2.28. The SMILES string of the molecule is CN(C(=O)OC(C)(C)C)c1cc2c(c(C(=O)NC[C@@H]3CCNCC3O)c1)OCCO2. The summed E-state index contributed by atoms with van der Waals surface area (Å²) in [5, 5.41) is 16.1. The second-order valence-corrected chi connectivity index (χ2v) is 8.59. The zero-order chi connectivity index (χ0) is 21.9. The van der Waals surface area contributed by atoms with Crippen molar-refractivity contribution in [3.05, 3.63) is 17.7 Å². The molecular weight excluding hydrogens is 390 g/mol. The third-order valence-corrected chi connectivity index (χ3v) is 5.04. The van der Waals surface area contributed by atoms with E-state index >= 15 is 0 Å². The summed E-state index contributed by atoms with van der Waals surface area (Å²) in [4.78, 5) is 26.8. The van der Waals surface area contributed by atoms with Gasteiger partial charge in [-0.15, -0.1) is 0 Å². The van der Waals surface area contributed by atoms with Crippen LogP contribution in [0.3, 0.4) is 0 Å². The van der Waals surface area contributed by atoms with Gasteiger partial charge in [-0.1, -0.05) is 0 Å². The number of ether oxygens (including phenoxy) is 3. The number of rotatable bonds is 4. The summed E-state index contributed by atoms with van der Waals surface area (Å²) in [6.07, 6.45) is -0.263. The molecule has 2 heterocycles. The van der Waals surface area contributed by atoms with Crippen LogP contribution < -0.4 is 25.0 Å². The number of hydrogen-bond acceptors (Lipinski definition) is 7. The van der Waals surface area contributed by atoms with Crippen LogP contribution in [0.25, 0.3) is 0 Å². The van der Waals surface area contributed by atoms with Gasteiger partial charge in [0.15, 0.2) is 11.5 Å². The van der Waals surface area contributed by atoms with Gasteiger partial charge >= 0.3 is 6.09 Å². The van der Waals surface area contributed by atoms with Gasteiger partial charge in [-0.3, -0.25) is 9.69 Å². The minimum Gasteiger partial charge on any atom is -0.486 e. The predicted molar refractivity (Wildman–Crippen MR) is 111 cm³/mol. The van der Waals surface area contributed by atoms with Gasteiger partial charge in [0.2, 0.25) is 0 Å². The predicted octanol–water partition coefficient (Wildman–Crippen LogP) is 1.53. The summed E-state index contributed by atoms with van der Waals surface area (Å²) < 4.78 is 16.8. The third-order valence-electron chi connectivity index (χ3n) is 5.04. The van der Waals surface area contributed by atoms with Gasteiger partial charge in [0.1, 0.15) is 18.8 Å². The smallest absolute Gasteiger partial charge is 0.414 e. The first-order chi connectivity index (χ1) is 14.2. The fourth-order valence-electron chi connectivity index (χ4n) is 3.39. The van der Waals surface area contributed by atoms with Crippen molar-refractivity contribution < 1.29 is 28.9 Å². The summed E-state index contributed by atoms with van der Waals surface area (Å²) in [6.45, 7) is 7.73. The Bertz CT molecular complexity index is 792. The van der Waals surface area contributed by atoms with E-state index in [0.29, 0.717) is 43.5 Å². The Morgan fingerprint density at radius 3 is 2.73 bits per heavy atom. The molecule has 0 bridgehead atoms. The summed E-state index contributed by atoms with van der Waals surface area (Å²) >= 11 is 0. The summed E-state index contributed by atoms with van der Waals surface area (Å²) in [7, 11) is 1.58. The van der Waals surface area contributed by atoms with Crippen molar-refractivity contribution >= 4 is 17.7 Å². The molecule has 0 saturated carbocycles. The van der Waals surface area contributed by atoms with E-state index in [1.165, 1.54) is 4.90 Å². The van der Waals surface area contributed by atoms with Crippen LogP contribution in [0.5, 0.6) is 11.5 Å². The number of carbonyl (C=O) groups excluding carboxylic acids is 2. The first-order valence-electron chi connectivity index (χ1n) is 10.2. The van der Waals surface area contributed by atoms with Crippen LogP contribution >= 0.6 is 0 Å². The molecular formula is C21H31N3O6. The number of benzene rings is 1. The van der Waals surface area contributed by atoms with Crippen molar-refractivity contribution in [1.82, 2.24) is 10.6 Å². The van der Waals surface area contributed by atoms with Gasteiger partial charge in [-0.05, 0) is 39.8 Å². The van der Waals surface area contributed by atoms with Crippen LogP contribution in [-0.4, -0.2) is 68.7 Å². The molecule has 1 aromatic carbocycles. The average molecular weight is 421 g/mol. The maximum atomic E-state index is 13.0. The first-order valence-corrected chi connectivity index (χ1v) is 10.2. The number of hydrogen-bond donors (Lipinski definition) is 3. The van der Waals surface area contributed by atoms with E-state index < -0.39 is 17.8 Å². The Morgan fingerprint density at radius 2 is 2.03 bits per heavy atom. The third kappa shape index (κ3) is 5.34. The van der Waals surface area contributed by atoms with E-state index in [2.05, 4.69) is 10.6 Å². The number of nitrogens with one attached hydrogen (secondary N) is 2. The van der Waals surface area contributed by atoms with Crippen LogP contribution in [-0.2, 0) is 4.74 Å². The van der Waals surface area contributed by atoms with E-state index in [0.717, 1.165) is 13.0 Å². The highest BCUT2D eigenvalue weighted by Crippen LogP contribution is 2.38. The number of nitrogens with zero attached hydrogens (tertiary/aromatic N) is 1. The lowest BCUT2D eigenvalue weighted by molar-refractivity contribution is 0.0588. The molecule has 3 rings (SSSR count). The molecule has 166 valence electrons. The molecule has 9 nitrogen and oxygen atoms in total. The number of aliphatic hydroxyl groups is 1. The van der Waals surface area contributed by atoms with Gasteiger partial charge in [0.25, 0.3) is 5.91 Å². The molecule has 0 radical (unpaired) electrons. The summed E-state index contributed by atoms with van der Waals surface area (Å²) in [5.74, 6) is 0.393. The Kier molecular flexibility index (Phi) is 6.72. The lowest BCUT2D eigenvalue weighted by Crippen LogP contribution is -2.45. The van der Waals surface area contributed by atoms with E-state index in [9.17, 15) is 14.7 Å². The number of β-amino-alcohol motifs (C(OH)–C–C–N with tert-alkyl or cyclic N) is 1. The van der Waals surface area contributed by atoms with Gasteiger partial charge in [-0.25, -0.2) is 4.79 Å². The van der Waals surface area contributed by atoms with E-state index in [-0.39, 0.29) is 17.4 Å². The minimum atomic E-state index is -0.644. The maximum Gasteiger partial charge on any atom is 0.414 e. The molecule has 1 aromatic rings. The normalized spacial score (nSPS) is 21.0. The van der Waals surface area contributed by atoms with Crippen molar-refractivity contribution in [3.63, 3.8) is 0 Å².